The molecule has 1 aliphatic heterocycles. The number of nitrogens with one attached hydrogen (secondary N) is 1. The lowest BCUT2D eigenvalue weighted by Gasteiger charge is -2.29. The number of aryl methyl sites for hydroxylation is 1. The fraction of sp³-hybridized carbons (Fsp3) is 0.462. The van der Waals surface area contributed by atoms with Crippen LogP contribution >= 0.6 is 15.9 Å². The quantitative estimate of drug-likeness (QED) is 0.922. The van der Waals surface area contributed by atoms with Gasteiger partial charge in [-0.1, -0.05) is 6.92 Å². The molecule has 0 aliphatic carbocycles. The third-order valence-corrected chi connectivity index (χ3v) is 4.03. The topological polar surface area (TPSA) is 32.6 Å². The average molecular weight is 309 g/mol. The third-order valence-electron chi connectivity index (χ3n) is 3.45. The Morgan fingerprint density at radius 3 is 2.83 bits per heavy atom. The van der Waals surface area contributed by atoms with Gasteiger partial charge >= 0.3 is 0 Å². The van der Waals surface area contributed by atoms with Crippen molar-refractivity contribution < 1.29 is 0 Å². The lowest BCUT2D eigenvalue weighted by atomic mass is 10.3. The second kappa shape index (κ2) is 4.90. The number of piperazine rings is 1. The summed E-state index contributed by atoms with van der Waals surface area (Å²) in [7, 11) is 0. The number of hydrogen-bond donors (Lipinski definition) is 1. The van der Waals surface area contributed by atoms with Crippen LogP contribution in [0.4, 0.5) is 5.69 Å². The molecule has 0 amide bonds. The summed E-state index contributed by atoms with van der Waals surface area (Å²) in [6.45, 7) is 6.41. The van der Waals surface area contributed by atoms with Gasteiger partial charge in [0.25, 0.3) is 0 Å². The number of nitrogens with zero attached hydrogens (tertiary/aromatic N) is 3. The van der Waals surface area contributed by atoms with Gasteiger partial charge in [0.15, 0.2) is 0 Å². The molecule has 2 aromatic rings. The first kappa shape index (κ1) is 12.0. The number of fused-ring (bicyclic) bond motifs is 1. The van der Waals surface area contributed by atoms with Crippen molar-refractivity contribution in [3.8, 4) is 0 Å². The van der Waals surface area contributed by atoms with E-state index in [9.17, 15) is 0 Å². The van der Waals surface area contributed by atoms with Crippen LogP contribution in [-0.4, -0.2) is 35.6 Å². The molecule has 0 radical (unpaired) electrons. The fourth-order valence-corrected chi connectivity index (χ4v) is 2.98. The monoisotopic (exact) mass is 308 g/mol. The van der Waals surface area contributed by atoms with Gasteiger partial charge in [-0.2, -0.15) is 0 Å². The molecule has 3 heterocycles. The number of rotatable bonds is 2. The van der Waals surface area contributed by atoms with E-state index in [1.165, 1.54) is 5.69 Å². The third kappa shape index (κ3) is 2.01. The minimum absolute atomic E-state index is 0.936. The molecule has 1 saturated heterocycles. The summed E-state index contributed by atoms with van der Waals surface area (Å²) < 4.78 is 3.13. The Balaban J connectivity index is 2.03. The molecule has 0 bridgehead atoms. The lowest BCUT2D eigenvalue weighted by molar-refractivity contribution is 0.588. The van der Waals surface area contributed by atoms with Crippen molar-refractivity contribution in [3.05, 3.63) is 28.8 Å². The van der Waals surface area contributed by atoms with Gasteiger partial charge in [-0.05, 0) is 28.1 Å². The van der Waals surface area contributed by atoms with E-state index in [0.29, 0.717) is 0 Å². The normalized spacial score (nSPS) is 16.4. The van der Waals surface area contributed by atoms with Crippen molar-refractivity contribution in [2.75, 3.05) is 31.1 Å². The van der Waals surface area contributed by atoms with E-state index in [1.54, 1.807) is 0 Å². The molecule has 0 saturated carbocycles. The molecule has 0 spiro atoms. The number of imidazole rings is 1. The van der Waals surface area contributed by atoms with Crippen molar-refractivity contribution in [1.82, 2.24) is 14.7 Å². The van der Waals surface area contributed by atoms with Gasteiger partial charge in [0.05, 0.1) is 11.2 Å². The fourth-order valence-electron chi connectivity index (χ4n) is 2.46. The minimum atomic E-state index is 0.936. The molecule has 1 N–H and O–H groups in total. The van der Waals surface area contributed by atoms with Gasteiger partial charge in [-0.3, -0.25) is 0 Å². The summed E-state index contributed by atoms with van der Waals surface area (Å²) in [5.41, 5.74) is 2.43. The molecule has 3 rings (SSSR count). The zero-order valence-electron chi connectivity index (χ0n) is 10.5. The molecule has 18 heavy (non-hydrogen) atoms. The molecule has 1 fully saturated rings. The Kier molecular flexibility index (Phi) is 3.26. The summed E-state index contributed by atoms with van der Waals surface area (Å²) in [5, 5.41) is 3.38. The molecular weight excluding hydrogens is 292 g/mol. The van der Waals surface area contributed by atoms with Crippen LogP contribution in [0.3, 0.4) is 0 Å². The number of aromatic nitrogens is 2. The van der Waals surface area contributed by atoms with Gasteiger partial charge in [-0.25, -0.2) is 4.98 Å². The molecular formula is C13H17BrN4. The molecule has 0 aromatic carbocycles. The van der Waals surface area contributed by atoms with E-state index in [-0.39, 0.29) is 0 Å². The van der Waals surface area contributed by atoms with Crippen LogP contribution in [-0.2, 0) is 6.42 Å². The van der Waals surface area contributed by atoms with Gasteiger partial charge in [0.2, 0.25) is 0 Å². The minimum Gasteiger partial charge on any atom is -0.368 e. The van der Waals surface area contributed by atoms with Crippen molar-refractivity contribution in [1.29, 1.82) is 0 Å². The second-order valence-corrected chi connectivity index (χ2v) is 5.30. The lowest BCUT2D eigenvalue weighted by Crippen LogP contribution is -2.43. The van der Waals surface area contributed by atoms with Crippen LogP contribution in [0, 0.1) is 0 Å². The smallest absolute Gasteiger partial charge is 0.132 e. The second-order valence-electron chi connectivity index (χ2n) is 4.55. The predicted octanol–water partition coefficient (Wildman–Crippen LogP) is 2.07. The highest BCUT2D eigenvalue weighted by Crippen LogP contribution is 2.23. The Bertz CT molecular complexity index is 557. The number of anilines is 1. The van der Waals surface area contributed by atoms with E-state index in [1.807, 2.05) is 0 Å². The van der Waals surface area contributed by atoms with Gasteiger partial charge in [0.1, 0.15) is 10.4 Å². The first-order valence-electron chi connectivity index (χ1n) is 6.41. The summed E-state index contributed by atoms with van der Waals surface area (Å²) in [6.07, 6.45) is 3.15. The van der Waals surface area contributed by atoms with E-state index in [0.717, 1.165) is 48.5 Å². The molecule has 1 aliphatic rings. The summed E-state index contributed by atoms with van der Waals surface area (Å²) in [6, 6.07) is 4.33. The van der Waals surface area contributed by atoms with Crippen molar-refractivity contribution in [2.24, 2.45) is 0 Å². The summed E-state index contributed by atoms with van der Waals surface area (Å²) in [5.74, 6) is 1.11. The maximum atomic E-state index is 4.54. The van der Waals surface area contributed by atoms with Crippen LogP contribution in [0.15, 0.2) is 22.9 Å². The van der Waals surface area contributed by atoms with Crippen molar-refractivity contribution in [2.45, 2.75) is 13.3 Å². The van der Waals surface area contributed by atoms with E-state index in [4.69, 9.17) is 0 Å². The van der Waals surface area contributed by atoms with Crippen molar-refractivity contribution in [3.63, 3.8) is 0 Å². The van der Waals surface area contributed by atoms with Crippen LogP contribution in [0.25, 0.3) is 5.52 Å². The maximum absolute atomic E-state index is 4.54. The Morgan fingerprint density at radius 1 is 1.33 bits per heavy atom. The molecule has 96 valence electrons. The average Bonchev–Trinajstić information content (AvgIpc) is 2.76. The van der Waals surface area contributed by atoms with E-state index < -0.39 is 0 Å². The van der Waals surface area contributed by atoms with Crippen LogP contribution < -0.4 is 10.2 Å². The Hall–Kier alpha value is -1.07. The molecule has 4 nitrogen and oxygen atoms in total. The number of pyridine rings is 1. The maximum Gasteiger partial charge on any atom is 0.132 e. The summed E-state index contributed by atoms with van der Waals surface area (Å²) in [4.78, 5) is 6.96. The highest BCUT2D eigenvalue weighted by atomic mass is 79.9. The molecule has 2 aromatic heterocycles. The van der Waals surface area contributed by atoms with Gasteiger partial charge in [-0.15, -0.1) is 0 Å². The van der Waals surface area contributed by atoms with Crippen LogP contribution in [0.5, 0.6) is 0 Å². The first-order chi connectivity index (χ1) is 8.79. The van der Waals surface area contributed by atoms with Crippen LogP contribution in [0.1, 0.15) is 12.7 Å². The largest absolute Gasteiger partial charge is 0.368 e. The molecule has 0 atom stereocenters. The highest BCUT2D eigenvalue weighted by molar-refractivity contribution is 9.10. The van der Waals surface area contributed by atoms with E-state index in [2.05, 4.69) is 60.8 Å². The summed E-state index contributed by atoms with van der Waals surface area (Å²) >= 11 is 3.52. The molecule has 0 unspecified atom stereocenters. The van der Waals surface area contributed by atoms with Crippen LogP contribution in [0.2, 0.25) is 0 Å². The van der Waals surface area contributed by atoms with E-state index >= 15 is 0 Å². The number of hydrogen-bond acceptors (Lipinski definition) is 3. The zero-order chi connectivity index (χ0) is 12.5. The number of halogens is 1. The van der Waals surface area contributed by atoms with Gasteiger partial charge < -0.3 is 14.6 Å². The Morgan fingerprint density at radius 2 is 2.11 bits per heavy atom. The molecule has 5 heteroatoms. The first-order valence-corrected chi connectivity index (χ1v) is 7.21. The standard InChI is InChI=1S/C13H17BrN4/c1-2-12-16-13(14)11-4-3-10(9-18(11)12)17-7-5-15-6-8-17/h3-4,9,15H,2,5-8H2,1H3. The highest BCUT2D eigenvalue weighted by Gasteiger charge is 2.13. The Labute approximate surface area is 115 Å². The SMILES string of the molecule is CCc1nc(Br)c2ccc(N3CCNCC3)cn12. The van der Waals surface area contributed by atoms with Gasteiger partial charge in [0, 0.05) is 38.8 Å². The van der Waals surface area contributed by atoms with Crippen molar-refractivity contribution >= 4 is 27.1 Å². The predicted molar refractivity (Wildman–Crippen MR) is 77.4 cm³/mol. The zero-order valence-corrected chi connectivity index (χ0v) is 12.1.